The number of carbonyl (C=O) groups excluding carboxylic acids is 1. The average Bonchev–Trinajstić information content (AvgIpc) is 2.96. The number of nitrogens with zero attached hydrogens (tertiary/aromatic N) is 2. The first kappa shape index (κ1) is 23.5. The lowest BCUT2D eigenvalue weighted by Gasteiger charge is -2.36. The van der Waals surface area contributed by atoms with E-state index in [1.54, 1.807) is 10.8 Å². The van der Waals surface area contributed by atoms with E-state index in [1.165, 1.54) is 5.56 Å². The molecule has 0 unspecified atom stereocenters. The number of hydrogen-bond acceptors (Lipinski definition) is 4. The maximum atomic E-state index is 13.0. The van der Waals surface area contributed by atoms with Gasteiger partial charge in [-0.2, -0.15) is 0 Å². The van der Waals surface area contributed by atoms with Crippen LogP contribution in [0.2, 0.25) is 18.1 Å². The fourth-order valence-electron chi connectivity index (χ4n) is 3.39. The summed E-state index contributed by atoms with van der Waals surface area (Å²) in [5, 5.41) is 2.18. The summed E-state index contributed by atoms with van der Waals surface area (Å²) in [6, 6.07) is 8.20. The molecule has 1 aromatic carbocycles. The molecule has 0 radical (unpaired) electrons. The molecule has 3 rings (SSSR count). The van der Waals surface area contributed by atoms with E-state index in [2.05, 4.69) is 57.0 Å². The zero-order valence-electron chi connectivity index (χ0n) is 20.2. The predicted octanol–water partition coefficient (Wildman–Crippen LogP) is 6.93. The molecule has 2 aromatic heterocycles. The molecule has 0 N–H and O–H groups in total. The summed E-state index contributed by atoms with van der Waals surface area (Å²) in [4.78, 5) is 17.3. The van der Waals surface area contributed by atoms with Crippen LogP contribution in [-0.2, 0) is 15.6 Å². The van der Waals surface area contributed by atoms with Crippen LogP contribution < -0.4 is 0 Å². The van der Waals surface area contributed by atoms with Crippen LogP contribution in [0.5, 0.6) is 0 Å². The van der Waals surface area contributed by atoms with Crippen molar-refractivity contribution in [1.82, 2.24) is 9.55 Å². The van der Waals surface area contributed by atoms with E-state index in [9.17, 15) is 4.79 Å². The van der Waals surface area contributed by atoms with E-state index >= 15 is 0 Å². The number of pyridine rings is 1. The zero-order chi connectivity index (χ0) is 23.0. The molecule has 0 aliphatic rings. The third kappa shape index (κ3) is 5.18. The second-order valence-corrected chi connectivity index (χ2v) is 15.6. The highest BCUT2D eigenvalue weighted by atomic mass is 28.4. The molecule has 0 spiro atoms. The molecule has 5 nitrogen and oxygen atoms in total. The van der Waals surface area contributed by atoms with E-state index in [0.29, 0.717) is 0 Å². The lowest BCUT2D eigenvalue weighted by molar-refractivity contribution is 0.0551. The molecule has 0 amide bonds. The molecule has 2 heterocycles. The Morgan fingerprint density at radius 1 is 1.03 bits per heavy atom. The highest BCUT2D eigenvalue weighted by Gasteiger charge is 2.36. The standard InChI is InChI=1S/C25H36N2O3Si/c1-24(2,3)30-23(28)27-21-13-14-26-17-20(21)19-12-11-18(16-22(19)27)10-9-15-29-31(7,8)25(4,5)6/h11-14,16-17H,9-10,15H2,1-8H3. The Balaban J connectivity index is 1.87. The number of rotatable bonds is 5. The number of aryl methyl sites for hydroxylation is 1. The Labute approximate surface area is 186 Å². The van der Waals surface area contributed by atoms with E-state index in [4.69, 9.17) is 9.16 Å². The Bertz CT molecular complexity index is 1090. The van der Waals surface area contributed by atoms with Gasteiger partial charge in [-0.15, -0.1) is 0 Å². The monoisotopic (exact) mass is 440 g/mol. The normalized spacial score (nSPS) is 13.2. The molecule has 168 valence electrons. The van der Waals surface area contributed by atoms with Gasteiger partial charge < -0.3 is 9.16 Å². The first-order valence-corrected chi connectivity index (χ1v) is 14.0. The Morgan fingerprint density at radius 2 is 1.74 bits per heavy atom. The van der Waals surface area contributed by atoms with Crippen LogP contribution in [0.3, 0.4) is 0 Å². The molecule has 0 saturated heterocycles. The van der Waals surface area contributed by atoms with E-state index in [0.717, 1.165) is 41.3 Å². The van der Waals surface area contributed by atoms with Crippen molar-refractivity contribution in [2.75, 3.05) is 6.61 Å². The maximum absolute atomic E-state index is 13.0. The Kier molecular flexibility index (Phi) is 6.36. The first-order valence-electron chi connectivity index (χ1n) is 11.0. The summed E-state index contributed by atoms with van der Waals surface area (Å²) in [6.07, 6.45) is 5.01. The van der Waals surface area contributed by atoms with Crippen LogP contribution in [0.4, 0.5) is 4.79 Å². The molecular weight excluding hydrogens is 404 g/mol. The fourth-order valence-corrected chi connectivity index (χ4v) is 4.48. The van der Waals surface area contributed by atoms with Gasteiger partial charge in [-0.05, 0) is 69.4 Å². The summed E-state index contributed by atoms with van der Waals surface area (Å²) < 4.78 is 13.7. The number of hydrogen-bond donors (Lipinski definition) is 0. The highest BCUT2D eigenvalue weighted by Crippen LogP contribution is 2.36. The second kappa shape index (κ2) is 8.39. The maximum Gasteiger partial charge on any atom is 0.419 e. The molecule has 0 atom stereocenters. The minimum atomic E-state index is -1.73. The molecule has 31 heavy (non-hydrogen) atoms. The van der Waals surface area contributed by atoms with Gasteiger partial charge in [-0.25, -0.2) is 9.36 Å². The van der Waals surface area contributed by atoms with Gasteiger partial charge in [-0.3, -0.25) is 4.98 Å². The minimum absolute atomic E-state index is 0.217. The molecule has 0 bridgehead atoms. The molecule has 0 aliphatic carbocycles. The van der Waals surface area contributed by atoms with Gasteiger partial charge in [0.05, 0.1) is 11.0 Å². The smallest absolute Gasteiger partial charge is 0.419 e. The van der Waals surface area contributed by atoms with Crippen LogP contribution in [0.25, 0.3) is 21.8 Å². The van der Waals surface area contributed by atoms with Crippen LogP contribution in [0.15, 0.2) is 36.7 Å². The number of benzene rings is 1. The van der Waals surface area contributed by atoms with Gasteiger partial charge in [0.1, 0.15) is 5.60 Å². The molecule has 3 aromatic rings. The quantitative estimate of drug-likeness (QED) is 0.319. The van der Waals surface area contributed by atoms with Crippen LogP contribution in [0.1, 0.15) is 53.5 Å². The lowest BCUT2D eigenvalue weighted by atomic mass is 10.1. The SMILES string of the molecule is CC(C)(C)OC(=O)n1c2ccncc2c2ccc(CCCO[Si](C)(C)C(C)(C)C)cc21. The average molecular weight is 441 g/mol. The van der Waals surface area contributed by atoms with Gasteiger partial charge in [0.25, 0.3) is 0 Å². The highest BCUT2D eigenvalue weighted by molar-refractivity contribution is 6.74. The van der Waals surface area contributed by atoms with Crippen molar-refractivity contribution >= 4 is 36.2 Å². The van der Waals surface area contributed by atoms with Gasteiger partial charge in [-0.1, -0.05) is 32.9 Å². The fraction of sp³-hybridized carbons (Fsp3) is 0.520. The molecule has 0 aliphatic heterocycles. The number of aromatic nitrogens is 2. The second-order valence-electron chi connectivity index (χ2n) is 10.8. The van der Waals surface area contributed by atoms with Gasteiger partial charge in [0.15, 0.2) is 8.32 Å². The van der Waals surface area contributed by atoms with E-state index in [-0.39, 0.29) is 11.1 Å². The summed E-state index contributed by atoms with van der Waals surface area (Å²) >= 11 is 0. The summed E-state index contributed by atoms with van der Waals surface area (Å²) in [7, 11) is -1.73. The number of carbonyl (C=O) groups is 1. The van der Waals surface area contributed by atoms with E-state index in [1.807, 2.05) is 33.0 Å². The first-order chi connectivity index (χ1) is 14.3. The molecule has 0 fully saturated rings. The number of fused-ring (bicyclic) bond motifs is 3. The molecular formula is C25H36N2O3Si. The van der Waals surface area contributed by atoms with Crippen molar-refractivity contribution < 1.29 is 14.0 Å². The van der Waals surface area contributed by atoms with Crippen LogP contribution >= 0.6 is 0 Å². The Morgan fingerprint density at radius 3 is 2.39 bits per heavy atom. The third-order valence-corrected chi connectivity index (χ3v) is 10.6. The van der Waals surface area contributed by atoms with Crippen LogP contribution in [0, 0.1) is 0 Å². The molecule has 6 heteroatoms. The largest absolute Gasteiger partial charge is 0.443 e. The zero-order valence-corrected chi connectivity index (χ0v) is 21.2. The van der Waals surface area contributed by atoms with Gasteiger partial charge >= 0.3 is 6.09 Å². The van der Waals surface area contributed by atoms with Crippen molar-refractivity contribution in [3.8, 4) is 0 Å². The lowest BCUT2D eigenvalue weighted by Crippen LogP contribution is -2.41. The van der Waals surface area contributed by atoms with E-state index < -0.39 is 13.9 Å². The van der Waals surface area contributed by atoms with Crippen molar-refractivity contribution in [3.05, 3.63) is 42.2 Å². The van der Waals surface area contributed by atoms with Crippen molar-refractivity contribution in [3.63, 3.8) is 0 Å². The van der Waals surface area contributed by atoms with Crippen molar-refractivity contribution in [2.45, 2.75) is 78.1 Å². The number of ether oxygens (including phenoxy) is 1. The van der Waals surface area contributed by atoms with Gasteiger partial charge in [0.2, 0.25) is 0 Å². The van der Waals surface area contributed by atoms with Crippen LogP contribution in [-0.4, -0.2) is 36.2 Å². The van der Waals surface area contributed by atoms with Crippen molar-refractivity contribution in [2.24, 2.45) is 0 Å². The van der Waals surface area contributed by atoms with Gasteiger partial charge in [0, 0.05) is 29.8 Å². The van der Waals surface area contributed by atoms with Crippen molar-refractivity contribution in [1.29, 1.82) is 0 Å². The predicted molar refractivity (Wildman–Crippen MR) is 130 cm³/mol. The summed E-state index contributed by atoms with van der Waals surface area (Å²) in [6.45, 7) is 17.8. The minimum Gasteiger partial charge on any atom is -0.443 e. The summed E-state index contributed by atoms with van der Waals surface area (Å²) in [5.41, 5.74) is 2.30. The Hall–Kier alpha value is -2.18. The molecule has 0 saturated carbocycles. The third-order valence-electron chi connectivity index (χ3n) is 6.09. The topological polar surface area (TPSA) is 53.4 Å². The summed E-state index contributed by atoms with van der Waals surface area (Å²) in [5.74, 6) is 0.